The van der Waals surface area contributed by atoms with Crippen molar-refractivity contribution in [3.63, 3.8) is 0 Å². The minimum atomic E-state index is 0.503. The van der Waals surface area contributed by atoms with Crippen LogP contribution in [0.15, 0.2) is 60.1 Å². The first kappa shape index (κ1) is 16.3. The number of thiazole rings is 1. The van der Waals surface area contributed by atoms with E-state index in [0.717, 1.165) is 22.5 Å². The third-order valence-electron chi connectivity index (χ3n) is 3.51. The molecule has 1 N–H and O–H groups in total. The SMILES string of the molecule is Cc1ccccc1NC=C(C#N)c1nc(-c2ccc(Cl)cc2)cs1. The van der Waals surface area contributed by atoms with E-state index in [-0.39, 0.29) is 0 Å². The van der Waals surface area contributed by atoms with Gasteiger partial charge in [0.05, 0.1) is 5.69 Å². The highest BCUT2D eigenvalue weighted by atomic mass is 35.5. The Kier molecular flexibility index (Phi) is 4.95. The minimum Gasteiger partial charge on any atom is -0.360 e. The van der Waals surface area contributed by atoms with Gasteiger partial charge in [0.1, 0.15) is 16.6 Å². The van der Waals surface area contributed by atoms with Crippen LogP contribution in [0.1, 0.15) is 10.6 Å². The van der Waals surface area contributed by atoms with Crippen LogP contribution in [0.3, 0.4) is 0 Å². The van der Waals surface area contributed by atoms with Crippen LogP contribution in [-0.4, -0.2) is 4.98 Å². The molecule has 3 nitrogen and oxygen atoms in total. The molecule has 0 radical (unpaired) electrons. The fraction of sp³-hybridized carbons (Fsp3) is 0.0526. The van der Waals surface area contributed by atoms with Crippen LogP contribution >= 0.6 is 22.9 Å². The molecule has 24 heavy (non-hydrogen) atoms. The Bertz CT molecular complexity index is 920. The van der Waals surface area contributed by atoms with Gasteiger partial charge in [0.15, 0.2) is 0 Å². The van der Waals surface area contributed by atoms with Gasteiger partial charge < -0.3 is 5.32 Å². The van der Waals surface area contributed by atoms with Crippen LogP contribution in [0.25, 0.3) is 16.8 Å². The molecule has 0 amide bonds. The molecular formula is C19H14ClN3S. The Morgan fingerprint density at radius 1 is 1.21 bits per heavy atom. The van der Waals surface area contributed by atoms with Gasteiger partial charge in [-0.1, -0.05) is 41.9 Å². The Hall–Kier alpha value is -2.61. The first-order valence-corrected chi connectivity index (χ1v) is 8.57. The molecule has 2 aromatic carbocycles. The van der Waals surface area contributed by atoms with Crippen LogP contribution in [0.2, 0.25) is 5.02 Å². The van der Waals surface area contributed by atoms with Crippen molar-refractivity contribution in [1.29, 1.82) is 5.26 Å². The lowest BCUT2D eigenvalue weighted by Crippen LogP contribution is -1.93. The normalized spacial score (nSPS) is 11.1. The van der Waals surface area contributed by atoms with E-state index in [2.05, 4.69) is 16.4 Å². The molecule has 0 saturated heterocycles. The highest BCUT2D eigenvalue weighted by Crippen LogP contribution is 2.27. The van der Waals surface area contributed by atoms with E-state index in [0.29, 0.717) is 15.6 Å². The summed E-state index contributed by atoms with van der Waals surface area (Å²) in [6.07, 6.45) is 1.70. The van der Waals surface area contributed by atoms with Crippen molar-refractivity contribution in [3.05, 3.63) is 75.7 Å². The number of nitrogens with one attached hydrogen (secondary N) is 1. The molecule has 0 aliphatic rings. The topological polar surface area (TPSA) is 48.7 Å². The number of rotatable bonds is 4. The molecule has 5 heteroatoms. The molecule has 118 valence electrons. The Morgan fingerprint density at radius 3 is 2.67 bits per heavy atom. The zero-order chi connectivity index (χ0) is 16.9. The fourth-order valence-corrected chi connectivity index (χ4v) is 3.10. The van der Waals surface area contributed by atoms with Gasteiger partial charge in [-0.3, -0.25) is 0 Å². The Morgan fingerprint density at radius 2 is 1.96 bits per heavy atom. The van der Waals surface area contributed by atoms with Gasteiger partial charge in [0, 0.05) is 27.9 Å². The molecule has 3 rings (SSSR count). The van der Waals surface area contributed by atoms with Gasteiger partial charge in [-0.05, 0) is 30.7 Å². The Balaban J connectivity index is 1.84. The summed E-state index contributed by atoms with van der Waals surface area (Å²) in [6.45, 7) is 2.02. The van der Waals surface area contributed by atoms with E-state index in [9.17, 15) is 5.26 Å². The lowest BCUT2D eigenvalue weighted by molar-refractivity contribution is 1.36. The van der Waals surface area contributed by atoms with Gasteiger partial charge in [0.25, 0.3) is 0 Å². The van der Waals surface area contributed by atoms with Crippen molar-refractivity contribution in [2.75, 3.05) is 5.32 Å². The number of anilines is 1. The van der Waals surface area contributed by atoms with Crippen molar-refractivity contribution in [1.82, 2.24) is 4.98 Å². The van der Waals surface area contributed by atoms with Crippen LogP contribution in [-0.2, 0) is 0 Å². The van der Waals surface area contributed by atoms with Gasteiger partial charge in [0.2, 0.25) is 0 Å². The first-order chi connectivity index (χ1) is 11.7. The first-order valence-electron chi connectivity index (χ1n) is 7.31. The maximum absolute atomic E-state index is 9.43. The summed E-state index contributed by atoms with van der Waals surface area (Å²) in [5.41, 5.74) is 4.41. The summed E-state index contributed by atoms with van der Waals surface area (Å²) in [4.78, 5) is 4.56. The quantitative estimate of drug-likeness (QED) is 0.609. The van der Waals surface area contributed by atoms with Crippen molar-refractivity contribution in [3.8, 4) is 17.3 Å². The second-order valence-electron chi connectivity index (χ2n) is 5.17. The molecule has 0 aliphatic heterocycles. The monoisotopic (exact) mass is 351 g/mol. The van der Waals surface area contributed by atoms with E-state index < -0.39 is 0 Å². The smallest absolute Gasteiger partial charge is 0.136 e. The second kappa shape index (κ2) is 7.31. The fourth-order valence-electron chi connectivity index (χ4n) is 2.18. The lowest BCUT2D eigenvalue weighted by Gasteiger charge is -2.04. The predicted octanol–water partition coefficient (Wildman–Crippen LogP) is 5.75. The summed E-state index contributed by atoms with van der Waals surface area (Å²) in [7, 11) is 0. The Labute approximate surface area is 149 Å². The van der Waals surface area contributed by atoms with Gasteiger partial charge in [-0.15, -0.1) is 11.3 Å². The molecule has 1 heterocycles. The zero-order valence-corrected chi connectivity index (χ0v) is 14.5. The van der Waals surface area contributed by atoms with Crippen LogP contribution < -0.4 is 5.32 Å². The maximum Gasteiger partial charge on any atom is 0.136 e. The number of hydrogen-bond donors (Lipinski definition) is 1. The molecule has 0 bridgehead atoms. The molecule has 0 aliphatic carbocycles. The van der Waals surface area contributed by atoms with Crippen molar-refractivity contribution in [2.24, 2.45) is 0 Å². The van der Waals surface area contributed by atoms with Gasteiger partial charge >= 0.3 is 0 Å². The van der Waals surface area contributed by atoms with Gasteiger partial charge in [-0.25, -0.2) is 4.98 Å². The number of benzene rings is 2. The molecule has 0 unspecified atom stereocenters. The van der Waals surface area contributed by atoms with E-state index in [1.165, 1.54) is 11.3 Å². The summed E-state index contributed by atoms with van der Waals surface area (Å²) in [5.74, 6) is 0. The largest absolute Gasteiger partial charge is 0.360 e. The zero-order valence-electron chi connectivity index (χ0n) is 13.0. The average molecular weight is 352 g/mol. The minimum absolute atomic E-state index is 0.503. The van der Waals surface area contributed by atoms with Crippen molar-refractivity contribution >= 4 is 34.2 Å². The third-order valence-corrected chi connectivity index (χ3v) is 4.64. The van der Waals surface area contributed by atoms with E-state index in [1.807, 2.05) is 60.8 Å². The van der Waals surface area contributed by atoms with E-state index in [1.54, 1.807) is 6.20 Å². The highest BCUT2D eigenvalue weighted by Gasteiger charge is 2.09. The summed E-state index contributed by atoms with van der Waals surface area (Å²) < 4.78 is 0. The van der Waals surface area contributed by atoms with Crippen LogP contribution in [0, 0.1) is 18.3 Å². The molecule has 1 aromatic heterocycles. The lowest BCUT2D eigenvalue weighted by atomic mass is 10.2. The number of halogens is 1. The third kappa shape index (κ3) is 3.65. The standard InChI is InChI=1S/C19H14ClN3S/c1-13-4-2-3-5-17(13)22-11-15(10-21)19-23-18(12-24-19)14-6-8-16(20)9-7-14/h2-9,11-12,22H,1H3. The number of aryl methyl sites for hydroxylation is 1. The molecule has 0 spiro atoms. The second-order valence-corrected chi connectivity index (χ2v) is 6.47. The molecule has 0 fully saturated rings. The summed E-state index contributed by atoms with van der Waals surface area (Å²) in [5, 5.41) is 15.9. The number of aromatic nitrogens is 1. The average Bonchev–Trinajstić information content (AvgIpc) is 3.07. The molecule has 3 aromatic rings. The maximum atomic E-state index is 9.43. The van der Waals surface area contributed by atoms with Crippen molar-refractivity contribution in [2.45, 2.75) is 6.92 Å². The predicted molar refractivity (Wildman–Crippen MR) is 101 cm³/mol. The number of nitriles is 1. The summed E-state index contributed by atoms with van der Waals surface area (Å²) >= 11 is 7.36. The highest BCUT2D eigenvalue weighted by molar-refractivity contribution is 7.11. The van der Waals surface area contributed by atoms with Gasteiger partial charge in [-0.2, -0.15) is 5.26 Å². The number of para-hydroxylation sites is 1. The van der Waals surface area contributed by atoms with E-state index >= 15 is 0 Å². The number of hydrogen-bond acceptors (Lipinski definition) is 4. The summed E-state index contributed by atoms with van der Waals surface area (Å²) in [6, 6.07) is 17.6. The molecule has 0 saturated carbocycles. The van der Waals surface area contributed by atoms with E-state index in [4.69, 9.17) is 11.6 Å². The van der Waals surface area contributed by atoms with Crippen LogP contribution in [0.4, 0.5) is 5.69 Å². The molecular weight excluding hydrogens is 338 g/mol. The molecule has 0 atom stereocenters. The van der Waals surface area contributed by atoms with Crippen molar-refractivity contribution < 1.29 is 0 Å². The number of allylic oxidation sites excluding steroid dienone is 1. The number of nitrogens with zero attached hydrogens (tertiary/aromatic N) is 2. The van der Waals surface area contributed by atoms with Crippen LogP contribution in [0.5, 0.6) is 0 Å².